The van der Waals surface area contributed by atoms with E-state index in [2.05, 4.69) is 4.90 Å². The lowest BCUT2D eigenvalue weighted by Crippen LogP contribution is -2.38. The van der Waals surface area contributed by atoms with Gasteiger partial charge in [0.25, 0.3) is 0 Å². The summed E-state index contributed by atoms with van der Waals surface area (Å²) < 4.78 is 10.1. The standard InChI is InChI=1S/C9H19NO3.C4H8.C2H6/c1-12-8-9(11)2-3-10-4-6-13-7-5-10;1-3-4-2;1-2/h9,11H,2-8H2,1H3;3-4H,1-2H3;1-2H3/b;4-3-;. The van der Waals surface area contributed by atoms with Gasteiger partial charge in [0.1, 0.15) is 0 Å². The highest BCUT2D eigenvalue weighted by molar-refractivity contribution is 4.68. The van der Waals surface area contributed by atoms with Gasteiger partial charge in [-0.15, -0.1) is 0 Å². The molecule has 0 saturated carbocycles. The van der Waals surface area contributed by atoms with Crippen molar-refractivity contribution in [3.8, 4) is 0 Å². The summed E-state index contributed by atoms with van der Waals surface area (Å²) in [6, 6.07) is 0. The number of morpholine rings is 1. The Hall–Kier alpha value is -0.420. The van der Waals surface area contributed by atoms with E-state index < -0.39 is 0 Å². The molecule has 1 N–H and O–H groups in total. The summed E-state index contributed by atoms with van der Waals surface area (Å²) in [5.41, 5.74) is 0. The van der Waals surface area contributed by atoms with Crippen LogP contribution in [0.1, 0.15) is 34.1 Å². The van der Waals surface area contributed by atoms with Gasteiger partial charge >= 0.3 is 0 Å². The van der Waals surface area contributed by atoms with Gasteiger partial charge in [-0.2, -0.15) is 0 Å². The first-order chi connectivity index (χ1) is 9.24. The highest BCUT2D eigenvalue weighted by Crippen LogP contribution is 2.00. The van der Waals surface area contributed by atoms with E-state index in [9.17, 15) is 5.11 Å². The minimum Gasteiger partial charge on any atom is -0.391 e. The summed E-state index contributed by atoms with van der Waals surface area (Å²) in [5, 5.41) is 9.40. The summed E-state index contributed by atoms with van der Waals surface area (Å²) in [6.45, 7) is 13.0. The molecule has 1 atom stereocenters. The maximum atomic E-state index is 9.40. The molecule has 4 nitrogen and oxygen atoms in total. The van der Waals surface area contributed by atoms with Crippen LogP contribution in [0.2, 0.25) is 0 Å². The van der Waals surface area contributed by atoms with Crippen LogP contribution in [0.3, 0.4) is 0 Å². The number of nitrogens with zero attached hydrogens (tertiary/aromatic N) is 1. The number of hydrogen-bond donors (Lipinski definition) is 1. The third-order valence-electron chi connectivity index (χ3n) is 2.57. The van der Waals surface area contributed by atoms with Gasteiger partial charge in [0, 0.05) is 26.7 Å². The Morgan fingerprint density at radius 3 is 2.16 bits per heavy atom. The molecule has 0 aromatic rings. The average Bonchev–Trinajstić information content (AvgIpc) is 2.49. The van der Waals surface area contributed by atoms with Gasteiger partial charge < -0.3 is 14.6 Å². The summed E-state index contributed by atoms with van der Waals surface area (Å²) in [4.78, 5) is 2.31. The smallest absolute Gasteiger partial charge is 0.0785 e. The minimum absolute atomic E-state index is 0.326. The van der Waals surface area contributed by atoms with E-state index in [-0.39, 0.29) is 6.10 Å². The van der Waals surface area contributed by atoms with Crippen molar-refractivity contribution in [2.45, 2.75) is 40.2 Å². The predicted octanol–water partition coefficient (Wildman–Crippen LogP) is 2.32. The van der Waals surface area contributed by atoms with Crippen LogP contribution in [0.4, 0.5) is 0 Å². The monoisotopic (exact) mass is 275 g/mol. The number of ether oxygens (including phenoxy) is 2. The highest BCUT2D eigenvalue weighted by atomic mass is 16.5. The Labute approximate surface area is 119 Å². The zero-order valence-electron chi connectivity index (χ0n) is 13.4. The van der Waals surface area contributed by atoms with E-state index >= 15 is 0 Å². The van der Waals surface area contributed by atoms with Crippen LogP contribution in [-0.4, -0.2) is 62.7 Å². The largest absolute Gasteiger partial charge is 0.391 e. The fourth-order valence-electron chi connectivity index (χ4n) is 1.43. The number of aliphatic hydroxyl groups is 1. The molecule has 0 spiro atoms. The van der Waals surface area contributed by atoms with Crippen LogP contribution in [-0.2, 0) is 9.47 Å². The Morgan fingerprint density at radius 1 is 1.21 bits per heavy atom. The molecular weight excluding hydrogens is 242 g/mol. The quantitative estimate of drug-likeness (QED) is 0.782. The Morgan fingerprint density at radius 2 is 1.74 bits per heavy atom. The molecule has 0 bridgehead atoms. The van der Waals surface area contributed by atoms with E-state index in [0.29, 0.717) is 6.61 Å². The van der Waals surface area contributed by atoms with Crippen molar-refractivity contribution in [3.63, 3.8) is 0 Å². The van der Waals surface area contributed by atoms with Crippen molar-refractivity contribution in [2.24, 2.45) is 0 Å². The lowest BCUT2D eigenvalue weighted by Gasteiger charge is -2.27. The molecule has 1 unspecified atom stereocenters. The van der Waals surface area contributed by atoms with Crippen molar-refractivity contribution in [1.82, 2.24) is 4.90 Å². The second-order valence-corrected chi connectivity index (χ2v) is 4.02. The third-order valence-corrected chi connectivity index (χ3v) is 2.57. The molecule has 1 heterocycles. The zero-order valence-corrected chi connectivity index (χ0v) is 13.4. The summed E-state index contributed by atoms with van der Waals surface area (Å²) in [7, 11) is 1.61. The van der Waals surface area contributed by atoms with Crippen LogP contribution in [0.15, 0.2) is 12.2 Å². The molecule has 0 aromatic heterocycles. The van der Waals surface area contributed by atoms with Gasteiger partial charge in [0.05, 0.1) is 25.9 Å². The first-order valence-electron chi connectivity index (χ1n) is 7.29. The van der Waals surface area contributed by atoms with E-state index in [4.69, 9.17) is 9.47 Å². The number of hydrogen-bond acceptors (Lipinski definition) is 4. The molecule has 1 rings (SSSR count). The fourth-order valence-corrected chi connectivity index (χ4v) is 1.43. The molecule has 19 heavy (non-hydrogen) atoms. The van der Waals surface area contributed by atoms with Crippen molar-refractivity contribution in [3.05, 3.63) is 12.2 Å². The lowest BCUT2D eigenvalue weighted by molar-refractivity contribution is 0.0182. The van der Waals surface area contributed by atoms with Crippen LogP contribution >= 0.6 is 0 Å². The Balaban J connectivity index is 0. The van der Waals surface area contributed by atoms with Gasteiger partial charge in [0.15, 0.2) is 0 Å². The maximum absolute atomic E-state index is 9.40. The molecule has 0 radical (unpaired) electrons. The molecule has 1 aliphatic rings. The molecule has 0 aromatic carbocycles. The summed E-state index contributed by atoms with van der Waals surface area (Å²) >= 11 is 0. The molecule has 1 fully saturated rings. The fraction of sp³-hybridized carbons (Fsp3) is 0.867. The number of allylic oxidation sites excluding steroid dienone is 2. The van der Waals surface area contributed by atoms with E-state index in [1.807, 2.05) is 39.8 Å². The van der Waals surface area contributed by atoms with E-state index in [1.165, 1.54) is 0 Å². The lowest BCUT2D eigenvalue weighted by atomic mass is 10.2. The van der Waals surface area contributed by atoms with Crippen LogP contribution in [0.25, 0.3) is 0 Å². The van der Waals surface area contributed by atoms with E-state index in [0.717, 1.165) is 39.3 Å². The van der Waals surface area contributed by atoms with Crippen molar-refractivity contribution >= 4 is 0 Å². The SMILES string of the molecule is C/C=C\C.CC.COCC(O)CCN1CCOCC1. The van der Waals surface area contributed by atoms with Gasteiger partial charge in [-0.05, 0) is 20.3 Å². The molecule has 0 amide bonds. The second-order valence-electron chi connectivity index (χ2n) is 4.02. The molecule has 116 valence electrons. The van der Waals surface area contributed by atoms with Crippen molar-refractivity contribution in [2.75, 3.05) is 46.6 Å². The molecule has 1 saturated heterocycles. The Kier molecular flexibility index (Phi) is 19.3. The molecular formula is C15H33NO3. The van der Waals surface area contributed by atoms with Crippen LogP contribution in [0, 0.1) is 0 Å². The first-order valence-corrected chi connectivity index (χ1v) is 7.29. The second kappa shape index (κ2) is 17.6. The topological polar surface area (TPSA) is 41.9 Å². The van der Waals surface area contributed by atoms with Crippen molar-refractivity contribution < 1.29 is 14.6 Å². The predicted molar refractivity (Wildman–Crippen MR) is 81.6 cm³/mol. The molecule has 4 heteroatoms. The number of rotatable bonds is 5. The van der Waals surface area contributed by atoms with Crippen LogP contribution < -0.4 is 0 Å². The van der Waals surface area contributed by atoms with Crippen LogP contribution in [0.5, 0.6) is 0 Å². The maximum Gasteiger partial charge on any atom is 0.0785 e. The van der Waals surface area contributed by atoms with Gasteiger partial charge in [-0.25, -0.2) is 0 Å². The zero-order chi connectivity index (χ0) is 14.9. The molecule has 0 aliphatic carbocycles. The molecule has 1 aliphatic heterocycles. The van der Waals surface area contributed by atoms with Gasteiger partial charge in [-0.1, -0.05) is 26.0 Å². The third kappa shape index (κ3) is 15.5. The number of methoxy groups -OCH3 is 1. The van der Waals surface area contributed by atoms with Crippen molar-refractivity contribution in [1.29, 1.82) is 0 Å². The van der Waals surface area contributed by atoms with Gasteiger partial charge in [0.2, 0.25) is 0 Å². The first kappa shape index (κ1) is 20.9. The highest BCUT2D eigenvalue weighted by Gasteiger charge is 2.11. The van der Waals surface area contributed by atoms with Gasteiger partial charge in [-0.3, -0.25) is 4.90 Å². The summed E-state index contributed by atoms with van der Waals surface area (Å²) in [5.74, 6) is 0. The normalized spacial score (nSPS) is 17.2. The average molecular weight is 275 g/mol. The summed E-state index contributed by atoms with van der Waals surface area (Å²) in [6.07, 6.45) is 4.46. The Bertz CT molecular complexity index is 176. The van der Waals surface area contributed by atoms with E-state index in [1.54, 1.807) is 7.11 Å². The number of aliphatic hydroxyl groups excluding tert-OH is 1. The minimum atomic E-state index is -0.326.